The maximum absolute atomic E-state index is 13.0. The summed E-state index contributed by atoms with van der Waals surface area (Å²) in [4.78, 5) is 25.1. The first-order chi connectivity index (χ1) is 35.2. The van der Waals surface area contributed by atoms with Crippen molar-refractivity contribution in [1.29, 1.82) is 0 Å². The van der Waals surface area contributed by atoms with E-state index in [1.165, 1.54) is 173 Å². The van der Waals surface area contributed by atoms with Gasteiger partial charge in [-0.1, -0.05) is 237 Å². The summed E-state index contributed by atoms with van der Waals surface area (Å²) in [5.41, 5.74) is 0. The third-order valence-corrected chi connectivity index (χ3v) is 14.2. The molecule has 6 N–H and O–H groups in total. The zero-order chi connectivity index (χ0) is 52.4. The van der Waals surface area contributed by atoms with Crippen LogP contribution in [0.1, 0.15) is 277 Å². The topological polar surface area (TPSA) is 175 Å². The maximum atomic E-state index is 13.0. The number of esters is 1. The average molecular weight is 1020 g/mol. The largest absolute Gasteiger partial charge is 0.466 e. The molecule has 0 radical (unpaired) electrons. The lowest BCUT2D eigenvalue weighted by Gasteiger charge is -2.40. The van der Waals surface area contributed by atoms with Crippen molar-refractivity contribution in [2.45, 2.75) is 320 Å². The van der Waals surface area contributed by atoms with Crippen LogP contribution in [-0.4, -0.2) is 100 Å². The van der Waals surface area contributed by atoms with Gasteiger partial charge in [0.2, 0.25) is 5.91 Å². The number of hydrogen-bond acceptors (Lipinski definition) is 10. The van der Waals surface area contributed by atoms with Crippen molar-refractivity contribution in [3.05, 3.63) is 36.5 Å². The van der Waals surface area contributed by atoms with Crippen molar-refractivity contribution < 1.29 is 49.3 Å². The summed E-state index contributed by atoms with van der Waals surface area (Å²) < 4.78 is 16.7. The molecule has 1 saturated heterocycles. The van der Waals surface area contributed by atoms with Crippen molar-refractivity contribution in [2.75, 3.05) is 19.8 Å². The van der Waals surface area contributed by atoms with Crippen LogP contribution in [0.15, 0.2) is 36.5 Å². The fraction of sp³-hybridized carbons (Fsp3) is 0.869. The quantitative estimate of drug-likeness (QED) is 0.0195. The molecule has 0 bridgehead atoms. The highest BCUT2D eigenvalue weighted by Gasteiger charge is 2.44. The van der Waals surface area contributed by atoms with Gasteiger partial charge in [0, 0.05) is 12.8 Å². The van der Waals surface area contributed by atoms with Gasteiger partial charge in [0.1, 0.15) is 24.4 Å². The van der Waals surface area contributed by atoms with Gasteiger partial charge in [-0.05, 0) is 64.2 Å². The van der Waals surface area contributed by atoms with E-state index in [0.29, 0.717) is 19.4 Å². The minimum Gasteiger partial charge on any atom is -0.466 e. The van der Waals surface area contributed by atoms with Gasteiger partial charge in [0.05, 0.1) is 32.0 Å². The number of hydrogen-bond donors (Lipinski definition) is 6. The van der Waals surface area contributed by atoms with Crippen LogP contribution < -0.4 is 5.32 Å². The van der Waals surface area contributed by atoms with E-state index in [0.717, 1.165) is 77.0 Å². The lowest BCUT2D eigenvalue weighted by molar-refractivity contribution is -0.302. The van der Waals surface area contributed by atoms with Crippen LogP contribution in [0.2, 0.25) is 0 Å². The molecule has 0 aromatic heterocycles. The average Bonchev–Trinajstić information content (AvgIpc) is 3.38. The first-order valence-corrected chi connectivity index (χ1v) is 30.3. The second-order valence-corrected chi connectivity index (χ2v) is 21.1. The van der Waals surface area contributed by atoms with E-state index in [1.54, 1.807) is 6.08 Å². The first-order valence-electron chi connectivity index (χ1n) is 30.3. The molecule has 1 amide bonds. The molecule has 1 heterocycles. The molecule has 0 aromatic rings. The lowest BCUT2D eigenvalue weighted by Crippen LogP contribution is -2.60. The van der Waals surface area contributed by atoms with Crippen molar-refractivity contribution in [3.8, 4) is 0 Å². The summed E-state index contributed by atoms with van der Waals surface area (Å²) in [5, 5.41) is 54.2. The molecule has 0 spiro atoms. The zero-order valence-electron chi connectivity index (χ0n) is 46.4. The van der Waals surface area contributed by atoms with Crippen LogP contribution in [-0.2, 0) is 23.8 Å². The van der Waals surface area contributed by atoms with Crippen molar-refractivity contribution >= 4 is 11.9 Å². The standard InChI is InChI=1S/C61H113NO10/c1-3-5-7-9-11-13-14-15-22-26-29-33-37-41-45-49-57(66)70-50-46-42-38-34-30-27-24-21-19-17-16-18-20-23-25-28-32-36-40-44-48-56(65)62-53(54(64)47-43-39-35-31-12-10-8-6-4-2)52-71-61-60(69)59(68)58(67)55(51-63)72-61/h11,13,15,22,43,47,53-55,58-61,63-64,67-69H,3-10,12,14,16-21,23-42,44-46,48-52H2,1-2H3,(H,62,65)/b13-11-,22-15-,47-43+. The Kier molecular flexibility index (Phi) is 48.1. The number of allylic oxidation sites excluding steroid dienone is 5. The Bertz CT molecular complexity index is 1290. The minimum atomic E-state index is -1.57. The Morgan fingerprint density at radius 1 is 0.514 bits per heavy atom. The number of carbonyl (C=O) groups is 2. The highest BCUT2D eigenvalue weighted by molar-refractivity contribution is 5.76. The summed E-state index contributed by atoms with van der Waals surface area (Å²) in [6, 6.07) is -0.810. The van der Waals surface area contributed by atoms with Crippen LogP contribution in [0.5, 0.6) is 0 Å². The predicted octanol–water partition coefficient (Wildman–Crippen LogP) is 13.9. The van der Waals surface area contributed by atoms with Crippen LogP contribution in [0, 0.1) is 0 Å². The van der Waals surface area contributed by atoms with Crippen LogP contribution >= 0.6 is 0 Å². The van der Waals surface area contributed by atoms with Crippen molar-refractivity contribution in [1.82, 2.24) is 5.32 Å². The molecule has 1 aliphatic rings. The number of aliphatic hydroxyl groups excluding tert-OH is 5. The summed E-state index contributed by atoms with van der Waals surface area (Å²) in [6.07, 6.45) is 52.5. The summed E-state index contributed by atoms with van der Waals surface area (Å²) in [6.45, 7) is 4.28. The van der Waals surface area contributed by atoms with Gasteiger partial charge in [-0.15, -0.1) is 0 Å². The van der Waals surface area contributed by atoms with Crippen LogP contribution in [0.4, 0.5) is 0 Å². The molecular formula is C61H113NO10. The van der Waals surface area contributed by atoms with Crippen molar-refractivity contribution in [2.24, 2.45) is 0 Å². The van der Waals surface area contributed by atoms with Gasteiger partial charge in [-0.2, -0.15) is 0 Å². The normalized spacial score (nSPS) is 19.2. The fourth-order valence-electron chi connectivity index (χ4n) is 9.41. The molecular weight excluding hydrogens is 907 g/mol. The van der Waals surface area contributed by atoms with E-state index in [1.807, 2.05) is 6.08 Å². The highest BCUT2D eigenvalue weighted by atomic mass is 16.7. The molecule has 72 heavy (non-hydrogen) atoms. The number of nitrogens with one attached hydrogen (secondary N) is 1. The minimum absolute atomic E-state index is 0.0176. The third kappa shape index (κ3) is 40.2. The molecule has 7 atom stereocenters. The molecule has 11 heteroatoms. The second kappa shape index (κ2) is 51.0. The molecule has 1 rings (SSSR count). The summed E-state index contributed by atoms with van der Waals surface area (Å²) >= 11 is 0. The molecule has 11 nitrogen and oxygen atoms in total. The number of carbonyl (C=O) groups excluding carboxylic acids is 2. The number of aliphatic hydroxyl groups is 5. The molecule has 0 saturated carbocycles. The van der Waals surface area contributed by atoms with Gasteiger partial charge in [0.15, 0.2) is 6.29 Å². The van der Waals surface area contributed by atoms with Gasteiger partial charge >= 0.3 is 5.97 Å². The maximum Gasteiger partial charge on any atom is 0.305 e. The number of amides is 1. The second-order valence-electron chi connectivity index (χ2n) is 21.1. The first kappa shape index (κ1) is 67.9. The third-order valence-electron chi connectivity index (χ3n) is 14.2. The Labute approximate surface area is 441 Å². The lowest BCUT2D eigenvalue weighted by atomic mass is 9.99. The predicted molar refractivity (Wildman–Crippen MR) is 297 cm³/mol. The van der Waals surface area contributed by atoms with Crippen LogP contribution in [0.3, 0.4) is 0 Å². The van der Waals surface area contributed by atoms with Gasteiger partial charge in [-0.3, -0.25) is 9.59 Å². The molecule has 0 aliphatic carbocycles. The SMILES string of the molecule is CCCCC/C=C\C/C=C\CCCCCCCC(=O)OCCCCCCCCCCCCCCCCCCCCCCC(=O)NC(COC1OC(CO)C(O)C(O)C1O)C(O)/C=C/CCCCCCCCC. The smallest absolute Gasteiger partial charge is 0.305 e. The Morgan fingerprint density at radius 3 is 1.43 bits per heavy atom. The van der Waals surface area contributed by atoms with Crippen LogP contribution in [0.25, 0.3) is 0 Å². The van der Waals surface area contributed by atoms with Crippen molar-refractivity contribution in [3.63, 3.8) is 0 Å². The molecule has 7 unspecified atom stereocenters. The van der Waals surface area contributed by atoms with Gasteiger partial charge in [0.25, 0.3) is 0 Å². The number of ether oxygens (including phenoxy) is 3. The molecule has 422 valence electrons. The Hall–Kier alpha value is -2.12. The van der Waals surface area contributed by atoms with E-state index in [9.17, 15) is 35.1 Å². The van der Waals surface area contributed by atoms with E-state index >= 15 is 0 Å². The highest BCUT2D eigenvalue weighted by Crippen LogP contribution is 2.23. The Balaban J connectivity index is 2.00. The monoisotopic (exact) mass is 1020 g/mol. The zero-order valence-corrected chi connectivity index (χ0v) is 46.4. The molecule has 0 aromatic carbocycles. The molecule has 1 aliphatic heterocycles. The van der Waals surface area contributed by atoms with E-state index in [2.05, 4.69) is 43.5 Å². The van der Waals surface area contributed by atoms with Gasteiger partial charge < -0.3 is 45.1 Å². The van der Waals surface area contributed by atoms with Gasteiger partial charge in [-0.25, -0.2) is 0 Å². The van der Waals surface area contributed by atoms with E-state index < -0.39 is 49.5 Å². The number of rotatable bonds is 52. The Morgan fingerprint density at radius 2 is 0.931 bits per heavy atom. The van der Waals surface area contributed by atoms with E-state index in [4.69, 9.17) is 14.2 Å². The summed E-state index contributed by atoms with van der Waals surface area (Å²) in [5.74, 6) is -0.204. The summed E-state index contributed by atoms with van der Waals surface area (Å²) in [7, 11) is 0. The number of unbranched alkanes of at least 4 members (excludes halogenated alkanes) is 34. The van der Waals surface area contributed by atoms with E-state index in [-0.39, 0.29) is 18.5 Å². The fourth-order valence-corrected chi connectivity index (χ4v) is 9.41. The molecule has 1 fully saturated rings.